The van der Waals surface area contributed by atoms with Gasteiger partial charge in [-0.3, -0.25) is 9.69 Å². The molecule has 3 rings (SSSR count). The highest BCUT2D eigenvalue weighted by molar-refractivity contribution is 8.26. The van der Waals surface area contributed by atoms with Crippen LogP contribution in [0, 0.1) is 0 Å². The molecule has 0 atom stereocenters. The molecule has 0 saturated carbocycles. The molecule has 21 heavy (non-hydrogen) atoms. The fourth-order valence-electron chi connectivity index (χ4n) is 2.15. The molecule has 2 aromatic rings. The molecule has 1 saturated heterocycles. The average Bonchev–Trinajstić information content (AvgIpc) is 3.09. The number of aromatic amines is 1. The third-order valence-electron chi connectivity index (χ3n) is 3.25. The average molecular weight is 314 g/mol. The Morgan fingerprint density at radius 2 is 2.00 bits per heavy atom. The van der Waals surface area contributed by atoms with Crippen LogP contribution in [0.25, 0.3) is 6.08 Å². The molecule has 1 amide bonds. The largest absolute Gasteiger partial charge is 0.362 e. The van der Waals surface area contributed by atoms with Gasteiger partial charge in [-0.1, -0.05) is 54.3 Å². The summed E-state index contributed by atoms with van der Waals surface area (Å²) in [6.45, 7) is 0.622. The van der Waals surface area contributed by atoms with Crippen LogP contribution in [0.5, 0.6) is 0 Å². The Labute approximate surface area is 133 Å². The Kier molecular flexibility index (Phi) is 4.22. The van der Waals surface area contributed by atoms with Crippen molar-refractivity contribution in [3.05, 3.63) is 64.8 Å². The highest BCUT2D eigenvalue weighted by Gasteiger charge is 2.31. The molecule has 1 aromatic carbocycles. The van der Waals surface area contributed by atoms with E-state index in [0.717, 1.165) is 12.1 Å². The summed E-state index contributed by atoms with van der Waals surface area (Å²) in [5, 5.41) is 0. The van der Waals surface area contributed by atoms with E-state index in [9.17, 15) is 4.79 Å². The molecule has 1 aliphatic rings. The second kappa shape index (κ2) is 6.28. The first-order valence-electron chi connectivity index (χ1n) is 6.67. The third kappa shape index (κ3) is 3.25. The van der Waals surface area contributed by atoms with Crippen molar-refractivity contribution < 1.29 is 4.79 Å². The summed E-state index contributed by atoms with van der Waals surface area (Å²) in [5.74, 6) is -0.00414. The Balaban J connectivity index is 1.69. The maximum absolute atomic E-state index is 12.4. The maximum Gasteiger partial charge on any atom is 0.266 e. The number of H-pyrrole nitrogens is 1. The summed E-state index contributed by atoms with van der Waals surface area (Å²) in [5.41, 5.74) is 2.12. The monoisotopic (exact) mass is 314 g/mol. The number of nitrogens with one attached hydrogen (secondary N) is 1. The highest BCUT2D eigenvalue weighted by atomic mass is 32.2. The number of rotatable bonds is 4. The lowest BCUT2D eigenvalue weighted by atomic mass is 10.1. The molecular weight excluding hydrogens is 300 g/mol. The number of thioether (sulfide) groups is 1. The predicted molar refractivity (Wildman–Crippen MR) is 90.8 cm³/mol. The quantitative estimate of drug-likeness (QED) is 0.693. The van der Waals surface area contributed by atoms with E-state index >= 15 is 0 Å². The third-order valence-corrected chi connectivity index (χ3v) is 4.63. The molecule has 5 heteroatoms. The topological polar surface area (TPSA) is 36.1 Å². The minimum atomic E-state index is -0.00414. The lowest BCUT2D eigenvalue weighted by Crippen LogP contribution is -2.30. The van der Waals surface area contributed by atoms with E-state index in [4.69, 9.17) is 12.2 Å². The van der Waals surface area contributed by atoms with Gasteiger partial charge in [0.1, 0.15) is 4.32 Å². The summed E-state index contributed by atoms with van der Waals surface area (Å²) in [7, 11) is 0. The highest BCUT2D eigenvalue weighted by Crippen LogP contribution is 2.32. The number of thiocarbonyl (C=S) groups is 1. The van der Waals surface area contributed by atoms with Crippen LogP contribution in [0.2, 0.25) is 0 Å². The summed E-state index contributed by atoms with van der Waals surface area (Å²) < 4.78 is 0.633. The minimum absolute atomic E-state index is 0.00414. The van der Waals surface area contributed by atoms with E-state index in [1.165, 1.54) is 17.3 Å². The van der Waals surface area contributed by atoms with E-state index < -0.39 is 0 Å². The lowest BCUT2D eigenvalue weighted by Gasteiger charge is -2.14. The van der Waals surface area contributed by atoms with Gasteiger partial charge < -0.3 is 4.98 Å². The fourth-order valence-corrected chi connectivity index (χ4v) is 3.45. The van der Waals surface area contributed by atoms with Gasteiger partial charge >= 0.3 is 0 Å². The van der Waals surface area contributed by atoms with Gasteiger partial charge in [-0.25, -0.2) is 0 Å². The molecule has 2 heterocycles. The number of benzene rings is 1. The molecule has 1 aliphatic heterocycles. The van der Waals surface area contributed by atoms with Crippen molar-refractivity contribution in [3.63, 3.8) is 0 Å². The maximum atomic E-state index is 12.4. The summed E-state index contributed by atoms with van der Waals surface area (Å²) in [4.78, 5) is 17.8. The molecule has 0 radical (unpaired) electrons. The Morgan fingerprint density at radius 1 is 1.19 bits per heavy atom. The standard InChI is InChI=1S/C16H14N2OS2/c19-15-14(11-13-7-4-9-17-13)21-16(20)18(15)10-8-12-5-2-1-3-6-12/h1-7,9,11,17H,8,10H2/b14-11+. The SMILES string of the molecule is O=C1/C(=C\c2ccc[nH]2)SC(=S)N1CCc1ccccc1. The molecule has 1 fully saturated rings. The fraction of sp³-hybridized carbons (Fsp3) is 0.125. The van der Waals surface area contributed by atoms with Crippen molar-refractivity contribution in [2.24, 2.45) is 0 Å². The number of nitrogens with zero attached hydrogens (tertiary/aromatic N) is 1. The molecule has 0 aliphatic carbocycles. The Hall–Kier alpha value is -1.85. The zero-order valence-electron chi connectivity index (χ0n) is 11.3. The minimum Gasteiger partial charge on any atom is -0.362 e. The first-order chi connectivity index (χ1) is 10.2. The first-order valence-corrected chi connectivity index (χ1v) is 7.89. The van der Waals surface area contributed by atoms with Gasteiger partial charge in [0.05, 0.1) is 4.91 Å². The second-order valence-corrected chi connectivity index (χ2v) is 6.37. The number of amides is 1. The van der Waals surface area contributed by atoms with Gasteiger partial charge in [-0.15, -0.1) is 0 Å². The van der Waals surface area contributed by atoms with Gasteiger partial charge in [-0.2, -0.15) is 0 Å². The van der Waals surface area contributed by atoms with Crippen LogP contribution >= 0.6 is 24.0 Å². The van der Waals surface area contributed by atoms with Crippen LogP contribution in [-0.2, 0) is 11.2 Å². The number of aromatic nitrogens is 1. The first kappa shape index (κ1) is 14.1. The number of carbonyl (C=O) groups is 1. The van der Waals surface area contributed by atoms with E-state index in [0.29, 0.717) is 15.8 Å². The molecule has 1 N–H and O–H groups in total. The van der Waals surface area contributed by atoms with E-state index in [-0.39, 0.29) is 5.91 Å². The van der Waals surface area contributed by atoms with Crippen LogP contribution in [0.15, 0.2) is 53.6 Å². The van der Waals surface area contributed by atoms with E-state index in [2.05, 4.69) is 17.1 Å². The van der Waals surface area contributed by atoms with Crippen LogP contribution in [0.3, 0.4) is 0 Å². The molecular formula is C16H14N2OS2. The summed E-state index contributed by atoms with van der Waals surface area (Å²) >= 11 is 6.69. The van der Waals surface area contributed by atoms with Crippen molar-refractivity contribution in [1.29, 1.82) is 0 Å². The second-order valence-electron chi connectivity index (χ2n) is 4.69. The van der Waals surface area contributed by atoms with E-state index in [1.807, 2.05) is 42.6 Å². The molecule has 1 aromatic heterocycles. The van der Waals surface area contributed by atoms with Crippen LogP contribution in [0.1, 0.15) is 11.3 Å². The summed E-state index contributed by atoms with van der Waals surface area (Å²) in [6.07, 6.45) is 4.49. The smallest absolute Gasteiger partial charge is 0.266 e. The van der Waals surface area contributed by atoms with Gasteiger partial charge in [0, 0.05) is 18.4 Å². The van der Waals surface area contributed by atoms with Gasteiger partial charge in [0.15, 0.2) is 0 Å². The van der Waals surface area contributed by atoms with Crippen molar-refractivity contribution in [2.75, 3.05) is 6.54 Å². The molecule has 3 nitrogen and oxygen atoms in total. The number of carbonyl (C=O) groups excluding carboxylic acids is 1. The normalized spacial score (nSPS) is 17.0. The van der Waals surface area contributed by atoms with Crippen molar-refractivity contribution >= 4 is 40.3 Å². The molecule has 0 spiro atoms. The predicted octanol–water partition coefficient (Wildman–Crippen LogP) is 3.46. The van der Waals surface area contributed by atoms with Crippen molar-refractivity contribution in [1.82, 2.24) is 9.88 Å². The molecule has 0 unspecified atom stereocenters. The van der Waals surface area contributed by atoms with Gasteiger partial charge in [-0.05, 0) is 30.2 Å². The zero-order valence-corrected chi connectivity index (χ0v) is 12.9. The van der Waals surface area contributed by atoms with Gasteiger partial charge in [0.25, 0.3) is 5.91 Å². The lowest BCUT2D eigenvalue weighted by molar-refractivity contribution is -0.122. The van der Waals surface area contributed by atoms with Crippen molar-refractivity contribution in [2.45, 2.75) is 6.42 Å². The van der Waals surface area contributed by atoms with E-state index in [1.54, 1.807) is 4.90 Å². The zero-order chi connectivity index (χ0) is 14.7. The Bertz CT molecular complexity index is 678. The molecule has 106 valence electrons. The van der Waals surface area contributed by atoms with Crippen LogP contribution in [0.4, 0.5) is 0 Å². The molecule has 0 bridgehead atoms. The van der Waals surface area contributed by atoms with Crippen LogP contribution in [-0.4, -0.2) is 26.7 Å². The number of hydrogen-bond donors (Lipinski definition) is 1. The summed E-state index contributed by atoms with van der Waals surface area (Å²) in [6, 6.07) is 14.0. The van der Waals surface area contributed by atoms with Gasteiger partial charge in [0.2, 0.25) is 0 Å². The number of hydrogen-bond acceptors (Lipinski definition) is 3. The van der Waals surface area contributed by atoms with Crippen LogP contribution < -0.4 is 0 Å². The Morgan fingerprint density at radius 3 is 2.71 bits per heavy atom. The van der Waals surface area contributed by atoms with Crippen molar-refractivity contribution in [3.8, 4) is 0 Å².